The Morgan fingerprint density at radius 2 is 1.59 bits per heavy atom. The standard InChI is InChI=1S/C16H28O/c1-13(14-7-3-2-4-8-14)11-12-16(17)15-9-5-6-10-15/h13-15H,2-12H2,1H3. The molecule has 0 aliphatic heterocycles. The van der Waals surface area contributed by atoms with Crippen molar-refractivity contribution in [2.75, 3.05) is 0 Å². The second-order valence-electron chi connectivity index (χ2n) is 6.36. The second kappa shape index (κ2) is 6.56. The van der Waals surface area contributed by atoms with E-state index in [4.69, 9.17) is 0 Å². The zero-order chi connectivity index (χ0) is 12.1. The van der Waals surface area contributed by atoms with Gasteiger partial charge < -0.3 is 0 Å². The predicted octanol–water partition coefficient (Wildman–Crippen LogP) is 4.74. The third-order valence-electron chi connectivity index (χ3n) is 5.11. The van der Waals surface area contributed by atoms with Gasteiger partial charge in [0.05, 0.1) is 0 Å². The van der Waals surface area contributed by atoms with Crippen molar-refractivity contribution in [3.63, 3.8) is 0 Å². The number of Topliss-reactive ketones (excluding diaryl/α,β-unsaturated/α-hetero) is 1. The van der Waals surface area contributed by atoms with Gasteiger partial charge in [-0.25, -0.2) is 0 Å². The van der Waals surface area contributed by atoms with Crippen LogP contribution in [-0.4, -0.2) is 5.78 Å². The van der Waals surface area contributed by atoms with Crippen LogP contribution in [0.2, 0.25) is 0 Å². The highest BCUT2D eigenvalue weighted by Gasteiger charge is 2.24. The molecular weight excluding hydrogens is 208 g/mol. The molecule has 0 spiro atoms. The van der Waals surface area contributed by atoms with Crippen LogP contribution < -0.4 is 0 Å². The third-order valence-corrected chi connectivity index (χ3v) is 5.11. The maximum absolute atomic E-state index is 12.0. The lowest BCUT2D eigenvalue weighted by molar-refractivity contribution is -0.123. The highest BCUT2D eigenvalue weighted by molar-refractivity contribution is 5.81. The summed E-state index contributed by atoms with van der Waals surface area (Å²) in [6.45, 7) is 2.37. The van der Waals surface area contributed by atoms with E-state index in [1.807, 2.05) is 0 Å². The molecule has 2 aliphatic rings. The van der Waals surface area contributed by atoms with Crippen LogP contribution in [0.15, 0.2) is 0 Å². The molecule has 0 aromatic carbocycles. The summed E-state index contributed by atoms with van der Waals surface area (Å²) in [5.41, 5.74) is 0. The molecule has 1 atom stereocenters. The maximum Gasteiger partial charge on any atom is 0.135 e. The van der Waals surface area contributed by atoms with E-state index in [-0.39, 0.29) is 0 Å². The molecule has 2 aliphatic carbocycles. The Kier molecular flexibility index (Phi) is 5.06. The van der Waals surface area contributed by atoms with Gasteiger partial charge in [0.25, 0.3) is 0 Å². The molecular formula is C16H28O. The van der Waals surface area contributed by atoms with Gasteiger partial charge in [-0.1, -0.05) is 51.9 Å². The summed E-state index contributed by atoms with van der Waals surface area (Å²) in [5.74, 6) is 2.71. The molecule has 2 fully saturated rings. The summed E-state index contributed by atoms with van der Waals surface area (Å²) in [5, 5.41) is 0. The van der Waals surface area contributed by atoms with Gasteiger partial charge in [-0.15, -0.1) is 0 Å². The molecule has 98 valence electrons. The van der Waals surface area contributed by atoms with Gasteiger partial charge in [0, 0.05) is 12.3 Å². The van der Waals surface area contributed by atoms with Crippen molar-refractivity contribution < 1.29 is 4.79 Å². The third kappa shape index (κ3) is 3.82. The Balaban J connectivity index is 1.67. The predicted molar refractivity (Wildman–Crippen MR) is 71.9 cm³/mol. The number of carbonyl (C=O) groups is 1. The number of carbonyl (C=O) groups excluding carboxylic acids is 1. The van der Waals surface area contributed by atoms with Crippen LogP contribution in [0.4, 0.5) is 0 Å². The smallest absolute Gasteiger partial charge is 0.135 e. The van der Waals surface area contributed by atoms with E-state index >= 15 is 0 Å². The Morgan fingerprint density at radius 3 is 2.24 bits per heavy atom. The van der Waals surface area contributed by atoms with E-state index in [2.05, 4.69) is 6.92 Å². The molecule has 17 heavy (non-hydrogen) atoms. The van der Waals surface area contributed by atoms with Gasteiger partial charge in [-0.3, -0.25) is 4.79 Å². The first-order valence-electron chi connectivity index (χ1n) is 7.80. The summed E-state index contributed by atoms with van der Waals surface area (Å²) in [7, 11) is 0. The average molecular weight is 236 g/mol. The SMILES string of the molecule is CC(CCC(=O)C1CCCC1)C1CCCCC1. The Morgan fingerprint density at radius 1 is 1.00 bits per heavy atom. The quantitative estimate of drug-likeness (QED) is 0.673. The maximum atomic E-state index is 12.0. The van der Waals surface area contributed by atoms with E-state index in [1.54, 1.807) is 0 Å². The number of hydrogen-bond donors (Lipinski definition) is 0. The van der Waals surface area contributed by atoms with Crippen LogP contribution in [0.3, 0.4) is 0 Å². The Bertz CT molecular complexity index is 234. The van der Waals surface area contributed by atoms with Crippen LogP contribution >= 0.6 is 0 Å². The molecule has 0 radical (unpaired) electrons. The second-order valence-corrected chi connectivity index (χ2v) is 6.36. The molecule has 0 bridgehead atoms. The van der Waals surface area contributed by atoms with Crippen molar-refractivity contribution >= 4 is 5.78 Å². The number of rotatable bonds is 5. The fourth-order valence-corrected chi connectivity index (χ4v) is 3.76. The molecule has 1 unspecified atom stereocenters. The van der Waals surface area contributed by atoms with Gasteiger partial charge in [0.1, 0.15) is 5.78 Å². The van der Waals surface area contributed by atoms with Crippen molar-refractivity contribution in [1.29, 1.82) is 0 Å². The van der Waals surface area contributed by atoms with Crippen molar-refractivity contribution in [1.82, 2.24) is 0 Å². The zero-order valence-electron chi connectivity index (χ0n) is 11.4. The molecule has 0 saturated heterocycles. The molecule has 0 amide bonds. The summed E-state index contributed by atoms with van der Waals surface area (Å²) >= 11 is 0. The summed E-state index contributed by atoms with van der Waals surface area (Å²) in [6.07, 6.45) is 14.1. The molecule has 0 heterocycles. The van der Waals surface area contributed by atoms with Crippen molar-refractivity contribution in [3.05, 3.63) is 0 Å². The topological polar surface area (TPSA) is 17.1 Å². The Labute approximate surface area is 106 Å². The largest absolute Gasteiger partial charge is 0.299 e. The molecule has 0 N–H and O–H groups in total. The van der Waals surface area contributed by atoms with Crippen LogP contribution in [-0.2, 0) is 4.79 Å². The van der Waals surface area contributed by atoms with Crippen LogP contribution in [0.1, 0.15) is 77.6 Å². The van der Waals surface area contributed by atoms with E-state index in [0.29, 0.717) is 11.7 Å². The van der Waals surface area contributed by atoms with Gasteiger partial charge in [-0.2, -0.15) is 0 Å². The van der Waals surface area contributed by atoms with Gasteiger partial charge in [0.2, 0.25) is 0 Å². The number of ketones is 1. The lowest BCUT2D eigenvalue weighted by Crippen LogP contribution is -2.18. The van der Waals surface area contributed by atoms with Crippen molar-refractivity contribution in [3.8, 4) is 0 Å². The monoisotopic (exact) mass is 236 g/mol. The highest BCUT2D eigenvalue weighted by Crippen LogP contribution is 2.33. The minimum absolute atomic E-state index is 0.438. The van der Waals surface area contributed by atoms with Crippen LogP contribution in [0, 0.1) is 17.8 Å². The molecule has 2 saturated carbocycles. The normalized spacial score (nSPS) is 25.0. The zero-order valence-corrected chi connectivity index (χ0v) is 11.4. The first-order chi connectivity index (χ1) is 8.27. The molecule has 0 aromatic rings. The first-order valence-corrected chi connectivity index (χ1v) is 7.80. The van der Waals surface area contributed by atoms with Gasteiger partial charge >= 0.3 is 0 Å². The fourth-order valence-electron chi connectivity index (χ4n) is 3.76. The van der Waals surface area contributed by atoms with E-state index < -0.39 is 0 Å². The minimum Gasteiger partial charge on any atom is -0.299 e. The number of hydrogen-bond acceptors (Lipinski definition) is 1. The molecule has 1 nitrogen and oxygen atoms in total. The van der Waals surface area contributed by atoms with Gasteiger partial charge in [-0.05, 0) is 31.1 Å². The summed E-state index contributed by atoms with van der Waals surface area (Å²) < 4.78 is 0. The summed E-state index contributed by atoms with van der Waals surface area (Å²) in [4.78, 5) is 12.0. The van der Waals surface area contributed by atoms with Crippen molar-refractivity contribution in [2.24, 2.45) is 17.8 Å². The van der Waals surface area contributed by atoms with E-state index in [1.165, 1.54) is 57.8 Å². The highest BCUT2D eigenvalue weighted by atomic mass is 16.1. The minimum atomic E-state index is 0.438. The van der Waals surface area contributed by atoms with Crippen LogP contribution in [0.5, 0.6) is 0 Å². The van der Waals surface area contributed by atoms with Crippen molar-refractivity contribution in [2.45, 2.75) is 77.6 Å². The van der Waals surface area contributed by atoms with E-state index in [0.717, 1.165) is 24.7 Å². The molecule has 1 heteroatoms. The summed E-state index contributed by atoms with van der Waals surface area (Å²) in [6, 6.07) is 0. The molecule has 0 aromatic heterocycles. The Hall–Kier alpha value is -0.330. The lowest BCUT2D eigenvalue weighted by atomic mass is 9.78. The lowest BCUT2D eigenvalue weighted by Gasteiger charge is -2.27. The van der Waals surface area contributed by atoms with Crippen LogP contribution in [0.25, 0.3) is 0 Å². The van der Waals surface area contributed by atoms with E-state index in [9.17, 15) is 4.79 Å². The molecule has 2 rings (SSSR count). The average Bonchev–Trinajstić information content (AvgIpc) is 2.90. The fraction of sp³-hybridized carbons (Fsp3) is 0.938. The van der Waals surface area contributed by atoms with Gasteiger partial charge in [0.15, 0.2) is 0 Å². The first kappa shape index (κ1) is 13.1.